The average molecular weight is 237 g/mol. The minimum atomic E-state index is -0.801. The standard InChI is InChI=1S/C11H15N3O3/c1-17-10-6-12-5-9(14-10)13-8(4-11(15)16)7-2-3-7/h5-8H,2-4H2,1H3,(H,13,14)(H,15,16). The van der Waals surface area contributed by atoms with Gasteiger partial charge in [-0.15, -0.1) is 0 Å². The van der Waals surface area contributed by atoms with Gasteiger partial charge in [-0.1, -0.05) is 0 Å². The molecule has 0 amide bonds. The number of aliphatic carboxylic acids is 1. The van der Waals surface area contributed by atoms with Gasteiger partial charge in [0.2, 0.25) is 5.88 Å². The van der Waals surface area contributed by atoms with Crippen molar-refractivity contribution in [2.75, 3.05) is 12.4 Å². The highest BCUT2D eigenvalue weighted by Gasteiger charge is 2.32. The zero-order valence-electron chi connectivity index (χ0n) is 9.59. The second-order valence-electron chi connectivity index (χ2n) is 4.13. The Bertz CT molecular complexity index is 407. The van der Waals surface area contributed by atoms with Crippen LogP contribution >= 0.6 is 0 Å². The molecule has 92 valence electrons. The molecule has 0 spiro atoms. The molecule has 0 aliphatic heterocycles. The number of carbonyl (C=O) groups is 1. The first-order chi connectivity index (χ1) is 8.19. The van der Waals surface area contributed by atoms with Crippen molar-refractivity contribution in [1.82, 2.24) is 9.97 Å². The Morgan fingerprint density at radius 2 is 2.41 bits per heavy atom. The number of ether oxygens (including phenoxy) is 1. The van der Waals surface area contributed by atoms with Gasteiger partial charge in [-0.3, -0.25) is 9.78 Å². The number of anilines is 1. The quantitative estimate of drug-likeness (QED) is 0.772. The zero-order valence-corrected chi connectivity index (χ0v) is 9.59. The van der Waals surface area contributed by atoms with Crippen LogP contribution in [-0.4, -0.2) is 34.2 Å². The van der Waals surface area contributed by atoms with Gasteiger partial charge in [0.15, 0.2) is 0 Å². The van der Waals surface area contributed by atoms with Crippen LogP contribution in [0.5, 0.6) is 5.88 Å². The van der Waals surface area contributed by atoms with Gasteiger partial charge in [0.05, 0.1) is 25.9 Å². The monoisotopic (exact) mass is 237 g/mol. The molecule has 6 heteroatoms. The maximum Gasteiger partial charge on any atom is 0.305 e. The van der Waals surface area contributed by atoms with Crippen LogP contribution in [0, 0.1) is 5.92 Å². The second kappa shape index (κ2) is 4.99. The summed E-state index contributed by atoms with van der Waals surface area (Å²) in [6.07, 6.45) is 5.32. The number of carboxylic acids is 1. The number of hydrogen-bond acceptors (Lipinski definition) is 5. The van der Waals surface area contributed by atoms with Crippen molar-refractivity contribution in [1.29, 1.82) is 0 Å². The summed E-state index contributed by atoms with van der Waals surface area (Å²) < 4.78 is 4.96. The fourth-order valence-corrected chi connectivity index (χ4v) is 1.73. The Hall–Kier alpha value is -1.85. The van der Waals surface area contributed by atoms with Crippen molar-refractivity contribution >= 4 is 11.8 Å². The molecule has 1 saturated carbocycles. The molecule has 0 radical (unpaired) electrons. The molecule has 1 aliphatic carbocycles. The van der Waals surface area contributed by atoms with Crippen LogP contribution in [-0.2, 0) is 4.79 Å². The highest BCUT2D eigenvalue weighted by Crippen LogP contribution is 2.35. The summed E-state index contributed by atoms with van der Waals surface area (Å²) in [5, 5.41) is 12.0. The first kappa shape index (κ1) is 11.6. The number of hydrogen-bond donors (Lipinski definition) is 2. The van der Waals surface area contributed by atoms with Crippen LogP contribution in [0.3, 0.4) is 0 Å². The molecule has 1 fully saturated rings. The number of nitrogens with zero attached hydrogens (tertiary/aromatic N) is 2. The minimum Gasteiger partial charge on any atom is -0.481 e. The van der Waals surface area contributed by atoms with Gasteiger partial charge in [-0.2, -0.15) is 4.98 Å². The fraction of sp³-hybridized carbons (Fsp3) is 0.545. The Morgan fingerprint density at radius 1 is 1.65 bits per heavy atom. The van der Waals surface area contributed by atoms with E-state index in [2.05, 4.69) is 15.3 Å². The summed E-state index contributed by atoms with van der Waals surface area (Å²) in [5.41, 5.74) is 0. The summed E-state index contributed by atoms with van der Waals surface area (Å²) in [6.45, 7) is 0. The van der Waals surface area contributed by atoms with E-state index >= 15 is 0 Å². The van der Waals surface area contributed by atoms with Gasteiger partial charge in [0, 0.05) is 6.04 Å². The third kappa shape index (κ3) is 3.30. The topological polar surface area (TPSA) is 84.3 Å². The summed E-state index contributed by atoms with van der Waals surface area (Å²) in [4.78, 5) is 18.9. The maximum atomic E-state index is 10.8. The molecule has 1 heterocycles. The number of nitrogens with one attached hydrogen (secondary N) is 1. The van der Waals surface area contributed by atoms with Gasteiger partial charge in [0.25, 0.3) is 0 Å². The largest absolute Gasteiger partial charge is 0.481 e. The average Bonchev–Trinajstić information content (AvgIpc) is 3.12. The van der Waals surface area contributed by atoms with E-state index in [1.807, 2.05) is 0 Å². The van der Waals surface area contributed by atoms with Crippen LogP contribution in [0.25, 0.3) is 0 Å². The Kier molecular flexibility index (Phi) is 3.41. The highest BCUT2D eigenvalue weighted by atomic mass is 16.5. The Morgan fingerprint density at radius 3 is 3.00 bits per heavy atom. The van der Waals surface area contributed by atoms with Crippen LogP contribution < -0.4 is 10.1 Å². The molecule has 1 unspecified atom stereocenters. The van der Waals surface area contributed by atoms with Crippen LogP contribution in [0.2, 0.25) is 0 Å². The van der Waals surface area contributed by atoms with Crippen LogP contribution in [0.1, 0.15) is 19.3 Å². The summed E-state index contributed by atoms with van der Waals surface area (Å²) in [7, 11) is 1.52. The molecule has 0 bridgehead atoms. The third-order valence-electron chi connectivity index (χ3n) is 2.74. The first-order valence-corrected chi connectivity index (χ1v) is 5.53. The molecular weight excluding hydrogens is 222 g/mol. The highest BCUT2D eigenvalue weighted by molar-refractivity contribution is 5.68. The van der Waals surface area contributed by atoms with Gasteiger partial charge in [0.1, 0.15) is 5.82 Å². The van der Waals surface area contributed by atoms with E-state index in [0.717, 1.165) is 12.8 Å². The van der Waals surface area contributed by atoms with E-state index in [1.54, 1.807) is 6.20 Å². The lowest BCUT2D eigenvalue weighted by atomic mass is 10.1. The van der Waals surface area contributed by atoms with Crippen LogP contribution in [0.15, 0.2) is 12.4 Å². The van der Waals surface area contributed by atoms with Gasteiger partial charge < -0.3 is 15.2 Å². The Labute approximate surface area is 99.0 Å². The normalized spacial score (nSPS) is 16.3. The van der Waals surface area contributed by atoms with Gasteiger partial charge in [-0.05, 0) is 18.8 Å². The Balaban J connectivity index is 2.03. The fourth-order valence-electron chi connectivity index (χ4n) is 1.73. The number of rotatable bonds is 6. The van der Waals surface area contributed by atoms with Crippen molar-refractivity contribution < 1.29 is 14.6 Å². The van der Waals surface area contributed by atoms with E-state index in [1.165, 1.54) is 13.3 Å². The molecule has 1 aliphatic rings. The van der Waals surface area contributed by atoms with E-state index in [9.17, 15) is 4.79 Å². The lowest BCUT2D eigenvalue weighted by Crippen LogP contribution is -2.25. The first-order valence-electron chi connectivity index (χ1n) is 5.53. The second-order valence-corrected chi connectivity index (χ2v) is 4.13. The predicted molar refractivity (Wildman–Crippen MR) is 61.0 cm³/mol. The number of aromatic nitrogens is 2. The van der Waals surface area contributed by atoms with E-state index < -0.39 is 5.97 Å². The molecule has 17 heavy (non-hydrogen) atoms. The molecule has 1 aromatic heterocycles. The van der Waals surface area contributed by atoms with E-state index in [4.69, 9.17) is 9.84 Å². The van der Waals surface area contributed by atoms with E-state index in [0.29, 0.717) is 17.6 Å². The lowest BCUT2D eigenvalue weighted by molar-refractivity contribution is -0.137. The molecule has 1 aromatic rings. The summed E-state index contributed by atoms with van der Waals surface area (Å²) in [6, 6.07) is -0.0751. The minimum absolute atomic E-state index is 0.0751. The molecule has 6 nitrogen and oxygen atoms in total. The van der Waals surface area contributed by atoms with E-state index in [-0.39, 0.29) is 12.5 Å². The predicted octanol–water partition coefficient (Wildman–Crippen LogP) is 1.15. The third-order valence-corrected chi connectivity index (χ3v) is 2.74. The summed E-state index contributed by atoms with van der Waals surface area (Å²) in [5.74, 6) is 0.603. The molecular formula is C11H15N3O3. The van der Waals surface area contributed by atoms with Crippen LogP contribution in [0.4, 0.5) is 5.82 Å². The number of carboxylic acid groups (broad SMARTS) is 1. The molecule has 0 saturated heterocycles. The zero-order chi connectivity index (χ0) is 12.3. The molecule has 1 atom stereocenters. The maximum absolute atomic E-state index is 10.8. The molecule has 2 rings (SSSR count). The lowest BCUT2D eigenvalue weighted by Gasteiger charge is -2.16. The number of methoxy groups -OCH3 is 1. The van der Waals surface area contributed by atoms with Crippen molar-refractivity contribution in [2.24, 2.45) is 5.92 Å². The smallest absolute Gasteiger partial charge is 0.305 e. The van der Waals surface area contributed by atoms with Crippen molar-refractivity contribution in [3.05, 3.63) is 12.4 Å². The van der Waals surface area contributed by atoms with Crippen molar-refractivity contribution in [2.45, 2.75) is 25.3 Å². The molecule has 2 N–H and O–H groups in total. The van der Waals surface area contributed by atoms with Crippen molar-refractivity contribution in [3.8, 4) is 5.88 Å². The SMILES string of the molecule is COc1cncc(NC(CC(=O)O)C2CC2)n1. The van der Waals surface area contributed by atoms with Gasteiger partial charge >= 0.3 is 5.97 Å². The summed E-state index contributed by atoms with van der Waals surface area (Å²) >= 11 is 0. The van der Waals surface area contributed by atoms with Crippen molar-refractivity contribution in [3.63, 3.8) is 0 Å². The molecule has 0 aromatic carbocycles. The van der Waals surface area contributed by atoms with Gasteiger partial charge in [-0.25, -0.2) is 0 Å².